The molecule has 98 valence electrons. The Morgan fingerprint density at radius 2 is 2.22 bits per heavy atom. The Morgan fingerprint density at radius 3 is 2.72 bits per heavy atom. The summed E-state index contributed by atoms with van der Waals surface area (Å²) in [6, 6.07) is 3.16. The van der Waals surface area contributed by atoms with Crippen LogP contribution in [0, 0.1) is 0 Å². The highest BCUT2D eigenvalue weighted by Crippen LogP contribution is 2.31. The first-order chi connectivity index (χ1) is 8.62. The molecule has 1 aromatic rings. The van der Waals surface area contributed by atoms with Crippen molar-refractivity contribution in [3.8, 4) is 0 Å². The maximum absolute atomic E-state index is 11.6. The molecule has 0 atom stereocenters. The standard InChI is InChI=1S/C12H16N2O4/c15-10(16)12(5-2-6-12)14-11(17)13-7-4-9-3-1-8-18-9/h1,3,8H,2,4-7H2,(H,15,16)(H2,13,14,17). The van der Waals surface area contributed by atoms with Crippen molar-refractivity contribution in [1.82, 2.24) is 10.6 Å². The molecule has 6 heteroatoms. The lowest BCUT2D eigenvalue weighted by atomic mass is 9.77. The molecule has 0 aromatic carbocycles. The molecule has 0 aliphatic heterocycles. The van der Waals surface area contributed by atoms with Gasteiger partial charge < -0.3 is 20.2 Å². The quantitative estimate of drug-likeness (QED) is 0.732. The van der Waals surface area contributed by atoms with Crippen LogP contribution in [0.3, 0.4) is 0 Å². The van der Waals surface area contributed by atoms with Gasteiger partial charge in [-0.1, -0.05) is 0 Å². The summed E-state index contributed by atoms with van der Waals surface area (Å²) in [7, 11) is 0. The summed E-state index contributed by atoms with van der Waals surface area (Å²) in [4.78, 5) is 22.6. The van der Waals surface area contributed by atoms with E-state index in [-0.39, 0.29) is 0 Å². The van der Waals surface area contributed by atoms with Gasteiger partial charge in [0.05, 0.1) is 6.26 Å². The normalized spacial score (nSPS) is 16.7. The van der Waals surface area contributed by atoms with E-state index in [0.717, 1.165) is 12.2 Å². The van der Waals surface area contributed by atoms with E-state index in [1.165, 1.54) is 0 Å². The molecule has 0 unspecified atom stereocenters. The minimum atomic E-state index is -1.06. The minimum Gasteiger partial charge on any atom is -0.480 e. The van der Waals surface area contributed by atoms with Crippen LogP contribution < -0.4 is 10.6 Å². The first-order valence-electron chi connectivity index (χ1n) is 5.94. The Labute approximate surface area is 104 Å². The van der Waals surface area contributed by atoms with Gasteiger partial charge in [-0.15, -0.1) is 0 Å². The highest BCUT2D eigenvalue weighted by atomic mass is 16.4. The van der Waals surface area contributed by atoms with Crippen LogP contribution in [0.25, 0.3) is 0 Å². The number of carbonyl (C=O) groups is 2. The fourth-order valence-corrected chi connectivity index (χ4v) is 1.94. The summed E-state index contributed by atoms with van der Waals surface area (Å²) in [5, 5.41) is 14.2. The predicted molar refractivity (Wildman–Crippen MR) is 63.2 cm³/mol. The second-order valence-electron chi connectivity index (χ2n) is 4.45. The number of carboxylic acids is 1. The highest BCUT2D eigenvalue weighted by Gasteiger charge is 2.45. The molecule has 1 aliphatic rings. The molecule has 18 heavy (non-hydrogen) atoms. The molecular formula is C12H16N2O4. The van der Waals surface area contributed by atoms with E-state index in [1.807, 2.05) is 6.07 Å². The van der Waals surface area contributed by atoms with Crippen LogP contribution in [-0.2, 0) is 11.2 Å². The van der Waals surface area contributed by atoms with E-state index in [9.17, 15) is 9.59 Å². The third-order valence-electron chi connectivity index (χ3n) is 3.21. The molecule has 1 fully saturated rings. The molecule has 2 amide bonds. The van der Waals surface area contributed by atoms with Gasteiger partial charge in [0.15, 0.2) is 0 Å². The number of carboxylic acid groups (broad SMARTS) is 1. The Morgan fingerprint density at radius 1 is 1.44 bits per heavy atom. The summed E-state index contributed by atoms with van der Waals surface area (Å²) < 4.78 is 5.12. The van der Waals surface area contributed by atoms with Crippen LogP contribution in [0.15, 0.2) is 22.8 Å². The van der Waals surface area contributed by atoms with Gasteiger partial charge in [0.2, 0.25) is 0 Å². The fourth-order valence-electron chi connectivity index (χ4n) is 1.94. The SMILES string of the molecule is O=C(NCCc1ccco1)NC1(C(=O)O)CCC1. The average Bonchev–Trinajstić information content (AvgIpc) is 2.76. The largest absolute Gasteiger partial charge is 0.480 e. The maximum Gasteiger partial charge on any atom is 0.329 e. The Kier molecular flexibility index (Phi) is 3.55. The molecular weight excluding hydrogens is 236 g/mol. The number of rotatable bonds is 5. The van der Waals surface area contributed by atoms with Crippen molar-refractivity contribution in [3.05, 3.63) is 24.2 Å². The number of hydrogen-bond acceptors (Lipinski definition) is 3. The number of hydrogen-bond donors (Lipinski definition) is 3. The van der Waals surface area contributed by atoms with Gasteiger partial charge in [-0.2, -0.15) is 0 Å². The van der Waals surface area contributed by atoms with Crippen LogP contribution in [0.1, 0.15) is 25.0 Å². The lowest BCUT2D eigenvalue weighted by molar-refractivity contribution is -0.148. The van der Waals surface area contributed by atoms with Gasteiger partial charge >= 0.3 is 12.0 Å². The Bertz CT molecular complexity index is 423. The molecule has 1 saturated carbocycles. The third kappa shape index (κ3) is 2.64. The zero-order chi connectivity index (χ0) is 13.0. The van der Waals surface area contributed by atoms with Gasteiger partial charge in [-0.3, -0.25) is 0 Å². The van der Waals surface area contributed by atoms with E-state index >= 15 is 0 Å². The van der Waals surface area contributed by atoms with Crippen LogP contribution >= 0.6 is 0 Å². The van der Waals surface area contributed by atoms with Crippen molar-refractivity contribution in [2.45, 2.75) is 31.2 Å². The van der Waals surface area contributed by atoms with E-state index in [4.69, 9.17) is 9.52 Å². The molecule has 1 aliphatic carbocycles. The van der Waals surface area contributed by atoms with Gasteiger partial charge in [-0.05, 0) is 31.4 Å². The molecule has 2 rings (SSSR count). The van der Waals surface area contributed by atoms with E-state index < -0.39 is 17.5 Å². The summed E-state index contributed by atoms with van der Waals surface area (Å²) in [5.74, 6) is -0.179. The van der Waals surface area contributed by atoms with Crippen LogP contribution in [0.4, 0.5) is 4.79 Å². The highest BCUT2D eigenvalue weighted by molar-refractivity contribution is 5.87. The first kappa shape index (κ1) is 12.5. The topological polar surface area (TPSA) is 91.6 Å². The van der Waals surface area contributed by atoms with Crippen LogP contribution in [0.5, 0.6) is 0 Å². The third-order valence-corrected chi connectivity index (χ3v) is 3.21. The monoisotopic (exact) mass is 252 g/mol. The molecule has 0 spiro atoms. The smallest absolute Gasteiger partial charge is 0.329 e. The van der Waals surface area contributed by atoms with Crippen LogP contribution in [0.2, 0.25) is 0 Å². The maximum atomic E-state index is 11.6. The van der Waals surface area contributed by atoms with E-state index in [1.54, 1.807) is 12.3 Å². The molecule has 6 nitrogen and oxygen atoms in total. The van der Waals surface area contributed by atoms with E-state index in [0.29, 0.717) is 25.8 Å². The minimum absolute atomic E-state index is 0.412. The zero-order valence-electron chi connectivity index (χ0n) is 9.94. The predicted octanol–water partition coefficient (Wildman–Crippen LogP) is 1.13. The lowest BCUT2D eigenvalue weighted by Crippen LogP contribution is -2.61. The summed E-state index contributed by atoms with van der Waals surface area (Å²) in [5.41, 5.74) is -1.06. The van der Waals surface area contributed by atoms with Crippen molar-refractivity contribution in [3.63, 3.8) is 0 Å². The van der Waals surface area contributed by atoms with Gasteiger partial charge in [0.1, 0.15) is 11.3 Å². The van der Waals surface area contributed by atoms with Gasteiger partial charge in [-0.25, -0.2) is 9.59 Å². The van der Waals surface area contributed by atoms with Crippen molar-refractivity contribution in [2.24, 2.45) is 0 Å². The first-order valence-corrected chi connectivity index (χ1v) is 5.94. The number of carbonyl (C=O) groups excluding carboxylic acids is 1. The fraction of sp³-hybridized carbons (Fsp3) is 0.500. The van der Waals surface area contributed by atoms with Gasteiger partial charge in [0.25, 0.3) is 0 Å². The summed E-state index contributed by atoms with van der Waals surface area (Å²) >= 11 is 0. The average molecular weight is 252 g/mol. The second-order valence-corrected chi connectivity index (χ2v) is 4.45. The van der Waals surface area contributed by atoms with Crippen molar-refractivity contribution < 1.29 is 19.1 Å². The lowest BCUT2D eigenvalue weighted by Gasteiger charge is -2.38. The summed E-state index contributed by atoms with van der Waals surface area (Å²) in [6.45, 7) is 0.412. The number of amides is 2. The van der Waals surface area contributed by atoms with E-state index in [2.05, 4.69) is 10.6 Å². The molecule has 0 radical (unpaired) electrons. The van der Waals surface area contributed by atoms with Crippen molar-refractivity contribution in [1.29, 1.82) is 0 Å². The Hall–Kier alpha value is -1.98. The molecule has 0 saturated heterocycles. The van der Waals surface area contributed by atoms with Crippen molar-refractivity contribution >= 4 is 12.0 Å². The van der Waals surface area contributed by atoms with Crippen molar-refractivity contribution in [2.75, 3.05) is 6.54 Å². The number of furan rings is 1. The molecule has 1 aromatic heterocycles. The van der Waals surface area contributed by atoms with Crippen LogP contribution in [-0.4, -0.2) is 29.2 Å². The van der Waals surface area contributed by atoms with Gasteiger partial charge in [0, 0.05) is 13.0 Å². The molecule has 0 bridgehead atoms. The number of nitrogens with one attached hydrogen (secondary N) is 2. The Balaban J connectivity index is 1.73. The summed E-state index contributed by atoms with van der Waals surface area (Å²) in [6.07, 6.45) is 3.98. The number of aliphatic carboxylic acids is 1. The zero-order valence-corrected chi connectivity index (χ0v) is 9.94. The second kappa shape index (κ2) is 5.12. The number of urea groups is 1. The molecule has 1 heterocycles. The molecule has 3 N–H and O–H groups in total.